The number of anilines is 1. The fourth-order valence-corrected chi connectivity index (χ4v) is 3.79. The predicted molar refractivity (Wildman–Crippen MR) is 107 cm³/mol. The Balaban J connectivity index is 2.04. The van der Waals surface area contributed by atoms with Crippen LogP contribution in [0.3, 0.4) is 0 Å². The Bertz CT molecular complexity index is 1300. The van der Waals surface area contributed by atoms with Crippen LogP contribution in [0.1, 0.15) is 15.7 Å². The molecule has 0 spiro atoms. The highest BCUT2D eigenvalue weighted by Crippen LogP contribution is 2.29. The lowest BCUT2D eigenvalue weighted by atomic mass is 10.2. The number of hydrogen-bond donors (Lipinski definition) is 1. The molecule has 31 heavy (non-hydrogen) atoms. The maximum absolute atomic E-state index is 14.5. The summed E-state index contributed by atoms with van der Waals surface area (Å²) in [5.41, 5.74) is -4.88. The van der Waals surface area contributed by atoms with Crippen LogP contribution in [0.25, 0.3) is 5.69 Å². The third-order valence-electron chi connectivity index (χ3n) is 4.04. The summed E-state index contributed by atoms with van der Waals surface area (Å²) in [5.74, 6) is -1.61. The van der Waals surface area contributed by atoms with Gasteiger partial charge in [-0.05, 0) is 35.0 Å². The molecule has 0 aliphatic carbocycles. The van der Waals surface area contributed by atoms with Gasteiger partial charge in [-0.2, -0.15) is 13.2 Å². The van der Waals surface area contributed by atoms with Gasteiger partial charge in [0, 0.05) is 17.6 Å². The first-order chi connectivity index (χ1) is 14.4. The molecule has 1 aromatic carbocycles. The molecule has 3 rings (SSSR count). The standard InChI is InChI=1S/C17H12BrF4N5O3S/c1-7-24-25-14(31-7)6-13(28)23-10-4-11(9(19)3-8(10)18)27-15(29)5-12(17(20,21)22)26(2)16(27)30/h3-5H,6H2,1-2H3,(H,23,28). The predicted octanol–water partition coefficient (Wildman–Crippen LogP) is 2.80. The lowest BCUT2D eigenvalue weighted by molar-refractivity contribution is -0.144. The first-order valence-corrected chi connectivity index (χ1v) is 9.98. The van der Waals surface area contributed by atoms with Crippen molar-refractivity contribution in [2.75, 3.05) is 5.32 Å². The second-order valence-corrected chi connectivity index (χ2v) is 8.39. The number of hydrogen-bond acceptors (Lipinski definition) is 6. The quantitative estimate of drug-likeness (QED) is 0.532. The summed E-state index contributed by atoms with van der Waals surface area (Å²) in [4.78, 5) is 36.9. The Kier molecular flexibility index (Phi) is 6.14. The van der Waals surface area contributed by atoms with Gasteiger partial charge in [-0.3, -0.25) is 14.2 Å². The van der Waals surface area contributed by atoms with E-state index in [0.717, 1.165) is 19.2 Å². The topological polar surface area (TPSA) is 98.9 Å². The molecular formula is C17H12BrF4N5O3S. The normalized spacial score (nSPS) is 11.6. The van der Waals surface area contributed by atoms with Crippen LogP contribution in [-0.4, -0.2) is 25.2 Å². The van der Waals surface area contributed by atoms with Gasteiger partial charge >= 0.3 is 11.9 Å². The van der Waals surface area contributed by atoms with E-state index in [-0.39, 0.29) is 31.8 Å². The molecule has 164 valence electrons. The molecular weight excluding hydrogens is 510 g/mol. The van der Waals surface area contributed by atoms with E-state index in [1.807, 2.05) is 0 Å². The number of halogens is 5. The lowest BCUT2D eigenvalue weighted by Crippen LogP contribution is -2.41. The zero-order valence-electron chi connectivity index (χ0n) is 15.8. The first-order valence-electron chi connectivity index (χ1n) is 8.37. The number of aromatic nitrogens is 4. The minimum atomic E-state index is -4.95. The monoisotopic (exact) mass is 521 g/mol. The maximum Gasteiger partial charge on any atom is 0.431 e. The molecule has 0 aliphatic rings. The smallest absolute Gasteiger partial charge is 0.325 e. The van der Waals surface area contributed by atoms with Crippen molar-refractivity contribution in [3.8, 4) is 5.69 Å². The molecule has 14 heteroatoms. The SMILES string of the molecule is Cc1nnc(CC(=O)Nc2cc(-n3c(=O)cc(C(F)(F)F)n(C)c3=O)c(F)cc2Br)s1. The molecule has 0 saturated carbocycles. The van der Waals surface area contributed by atoms with Crippen molar-refractivity contribution in [2.45, 2.75) is 19.5 Å². The summed E-state index contributed by atoms with van der Waals surface area (Å²) >= 11 is 4.27. The fraction of sp³-hybridized carbons (Fsp3) is 0.235. The molecule has 0 unspecified atom stereocenters. The van der Waals surface area contributed by atoms with E-state index in [1.54, 1.807) is 6.92 Å². The van der Waals surface area contributed by atoms with Crippen LogP contribution in [0.15, 0.2) is 32.3 Å². The molecule has 0 saturated heterocycles. The molecule has 1 N–H and O–H groups in total. The van der Waals surface area contributed by atoms with Gasteiger partial charge in [0.05, 0.1) is 17.8 Å². The van der Waals surface area contributed by atoms with Gasteiger partial charge < -0.3 is 5.32 Å². The molecule has 1 amide bonds. The van der Waals surface area contributed by atoms with Gasteiger partial charge in [0.25, 0.3) is 5.56 Å². The summed E-state index contributed by atoms with van der Waals surface area (Å²) in [6.45, 7) is 1.71. The maximum atomic E-state index is 14.5. The van der Waals surface area contributed by atoms with E-state index in [9.17, 15) is 31.9 Å². The van der Waals surface area contributed by atoms with Crippen molar-refractivity contribution in [3.63, 3.8) is 0 Å². The number of amides is 1. The van der Waals surface area contributed by atoms with E-state index in [2.05, 4.69) is 31.4 Å². The van der Waals surface area contributed by atoms with Gasteiger partial charge in [0.2, 0.25) is 5.91 Å². The number of rotatable bonds is 4. The van der Waals surface area contributed by atoms with Gasteiger partial charge in [-0.1, -0.05) is 0 Å². The van der Waals surface area contributed by atoms with Crippen molar-refractivity contribution in [1.82, 2.24) is 19.3 Å². The Morgan fingerprint density at radius 1 is 1.23 bits per heavy atom. The van der Waals surface area contributed by atoms with Crippen molar-refractivity contribution in [3.05, 3.63) is 65.0 Å². The molecule has 3 aromatic rings. The number of carbonyl (C=O) groups is 1. The third-order valence-corrected chi connectivity index (χ3v) is 5.54. The van der Waals surface area contributed by atoms with Gasteiger partial charge in [-0.25, -0.2) is 13.8 Å². The molecule has 0 aliphatic heterocycles. The molecule has 8 nitrogen and oxygen atoms in total. The average molecular weight is 522 g/mol. The molecule has 2 heterocycles. The average Bonchev–Trinajstić information content (AvgIpc) is 3.05. The second kappa shape index (κ2) is 8.34. The van der Waals surface area contributed by atoms with E-state index in [4.69, 9.17) is 0 Å². The van der Waals surface area contributed by atoms with Crippen LogP contribution < -0.4 is 16.6 Å². The largest absolute Gasteiger partial charge is 0.431 e. The number of aryl methyl sites for hydroxylation is 1. The summed E-state index contributed by atoms with van der Waals surface area (Å²) in [5, 5.41) is 11.2. The van der Waals surface area contributed by atoms with Gasteiger partial charge in [0.15, 0.2) is 0 Å². The highest BCUT2D eigenvalue weighted by Gasteiger charge is 2.35. The zero-order valence-corrected chi connectivity index (χ0v) is 18.2. The van der Waals surface area contributed by atoms with Crippen LogP contribution in [-0.2, 0) is 24.4 Å². The summed E-state index contributed by atoms with van der Waals surface area (Å²) in [7, 11) is 0.810. The lowest BCUT2D eigenvalue weighted by Gasteiger charge is -2.15. The Hall–Kier alpha value is -2.87. The fourth-order valence-electron chi connectivity index (χ4n) is 2.66. The van der Waals surface area contributed by atoms with Gasteiger partial charge in [0.1, 0.15) is 21.5 Å². The highest BCUT2D eigenvalue weighted by molar-refractivity contribution is 9.10. The van der Waals surface area contributed by atoms with Crippen LogP contribution in [0, 0.1) is 12.7 Å². The minimum absolute atomic E-state index is 0.00325. The minimum Gasteiger partial charge on any atom is -0.325 e. The Morgan fingerprint density at radius 2 is 1.90 bits per heavy atom. The number of alkyl halides is 3. The van der Waals surface area contributed by atoms with Crippen LogP contribution in [0.5, 0.6) is 0 Å². The van der Waals surface area contributed by atoms with Gasteiger partial charge in [-0.15, -0.1) is 21.5 Å². The van der Waals surface area contributed by atoms with Crippen molar-refractivity contribution in [1.29, 1.82) is 0 Å². The third kappa shape index (κ3) is 4.74. The van der Waals surface area contributed by atoms with Crippen molar-refractivity contribution >= 4 is 38.9 Å². The summed E-state index contributed by atoms with van der Waals surface area (Å²) < 4.78 is 54.1. The van der Waals surface area contributed by atoms with Crippen LogP contribution in [0.2, 0.25) is 0 Å². The molecule has 0 bridgehead atoms. The van der Waals surface area contributed by atoms with Crippen LogP contribution in [0.4, 0.5) is 23.2 Å². The summed E-state index contributed by atoms with van der Waals surface area (Å²) in [6, 6.07) is 2.04. The Morgan fingerprint density at radius 3 is 2.48 bits per heavy atom. The molecule has 2 aromatic heterocycles. The van der Waals surface area contributed by atoms with Crippen molar-refractivity contribution < 1.29 is 22.4 Å². The van der Waals surface area contributed by atoms with Crippen LogP contribution >= 0.6 is 27.3 Å². The van der Waals surface area contributed by atoms with E-state index in [0.29, 0.717) is 10.0 Å². The number of benzene rings is 1. The number of carbonyl (C=O) groups excluding carboxylic acids is 1. The van der Waals surface area contributed by atoms with E-state index < -0.39 is 40.5 Å². The molecule has 0 fully saturated rings. The van der Waals surface area contributed by atoms with E-state index in [1.165, 1.54) is 11.3 Å². The number of nitrogens with zero attached hydrogens (tertiary/aromatic N) is 4. The first kappa shape index (κ1) is 22.8. The number of nitrogens with one attached hydrogen (secondary N) is 1. The highest BCUT2D eigenvalue weighted by atomic mass is 79.9. The zero-order chi connectivity index (χ0) is 23.1. The molecule has 0 radical (unpaired) electrons. The summed E-state index contributed by atoms with van der Waals surface area (Å²) in [6.07, 6.45) is -5.08. The van der Waals surface area contributed by atoms with E-state index >= 15 is 0 Å². The Labute approximate surface area is 183 Å². The second-order valence-electron chi connectivity index (χ2n) is 6.27. The molecule has 0 atom stereocenters. The van der Waals surface area contributed by atoms with Crippen molar-refractivity contribution in [2.24, 2.45) is 7.05 Å².